The van der Waals surface area contributed by atoms with Crippen LogP contribution < -0.4 is 0 Å². The number of aliphatic hydroxyl groups excluding tert-OH is 3. The number of methoxy groups -OCH3 is 1. The molecule has 3 atom stereocenters. The van der Waals surface area contributed by atoms with Gasteiger partial charge in [0.2, 0.25) is 11.5 Å². The second kappa shape index (κ2) is 3.23. The molecule has 6 heteroatoms. The smallest absolute Gasteiger partial charge is 0.232 e. The Morgan fingerprint density at radius 2 is 1.86 bits per heavy atom. The van der Waals surface area contributed by atoms with Crippen molar-refractivity contribution in [3.05, 3.63) is 11.5 Å². The number of hydrogen-bond acceptors (Lipinski definition) is 6. The number of ketones is 1. The quantitative estimate of drug-likeness (QED) is 0.412. The fourth-order valence-corrected chi connectivity index (χ4v) is 1.27. The lowest BCUT2D eigenvalue weighted by molar-refractivity contribution is -0.165. The van der Waals surface area contributed by atoms with Crippen LogP contribution in [0.3, 0.4) is 0 Å². The van der Waals surface area contributed by atoms with Crippen molar-refractivity contribution in [3.63, 3.8) is 0 Å². The number of ether oxygens (including phenoxy) is 1. The highest BCUT2D eigenvalue weighted by atomic mass is 16.5. The van der Waals surface area contributed by atoms with Crippen molar-refractivity contribution < 1.29 is 30.0 Å². The fourth-order valence-electron chi connectivity index (χ4n) is 1.27. The van der Waals surface area contributed by atoms with Crippen LogP contribution in [0.25, 0.3) is 0 Å². The van der Waals surface area contributed by atoms with Gasteiger partial charge in [0.1, 0.15) is 11.7 Å². The highest BCUT2D eigenvalue weighted by Gasteiger charge is 2.51. The van der Waals surface area contributed by atoms with Gasteiger partial charge in [-0.3, -0.25) is 4.79 Å². The van der Waals surface area contributed by atoms with Gasteiger partial charge in [-0.05, 0) is 6.92 Å². The van der Waals surface area contributed by atoms with Gasteiger partial charge in [0.05, 0.1) is 7.11 Å². The Balaban J connectivity index is 3.24. The van der Waals surface area contributed by atoms with Gasteiger partial charge in [-0.1, -0.05) is 0 Å². The molecule has 0 heterocycles. The molecule has 0 aliphatic heterocycles. The van der Waals surface area contributed by atoms with E-state index in [0.717, 1.165) is 14.0 Å². The molecule has 0 bridgehead atoms. The average Bonchev–Trinajstić information content (AvgIpc) is 2.14. The minimum Gasteiger partial charge on any atom is -0.506 e. The van der Waals surface area contributed by atoms with Gasteiger partial charge >= 0.3 is 0 Å². The molecule has 0 radical (unpaired) electrons. The third-order valence-corrected chi connectivity index (χ3v) is 2.28. The molecule has 0 amide bonds. The SMILES string of the molecule is COC1=C(O)[C@@H](O)[C@](C)(O)[C@@H](O)C1=O. The molecular formula is C8H12O6. The maximum atomic E-state index is 11.3. The highest BCUT2D eigenvalue weighted by molar-refractivity contribution is 5.99. The molecule has 0 spiro atoms. The summed E-state index contributed by atoms with van der Waals surface area (Å²) >= 11 is 0. The van der Waals surface area contributed by atoms with Crippen molar-refractivity contribution in [2.75, 3.05) is 7.11 Å². The normalized spacial score (nSPS) is 38.8. The largest absolute Gasteiger partial charge is 0.506 e. The minimum absolute atomic E-state index is 0.531. The maximum Gasteiger partial charge on any atom is 0.232 e. The molecule has 0 aromatic rings. The van der Waals surface area contributed by atoms with Gasteiger partial charge < -0.3 is 25.2 Å². The Kier molecular flexibility index (Phi) is 2.53. The van der Waals surface area contributed by atoms with E-state index in [-0.39, 0.29) is 0 Å². The van der Waals surface area contributed by atoms with E-state index in [1.54, 1.807) is 0 Å². The Morgan fingerprint density at radius 1 is 1.36 bits per heavy atom. The van der Waals surface area contributed by atoms with Gasteiger partial charge in [0.15, 0.2) is 11.9 Å². The summed E-state index contributed by atoms with van der Waals surface area (Å²) in [4.78, 5) is 11.3. The number of hydrogen-bond donors (Lipinski definition) is 4. The monoisotopic (exact) mass is 204 g/mol. The second-order valence-electron chi connectivity index (χ2n) is 3.31. The van der Waals surface area contributed by atoms with E-state index in [1.165, 1.54) is 0 Å². The number of carbonyl (C=O) groups is 1. The van der Waals surface area contributed by atoms with E-state index in [4.69, 9.17) is 0 Å². The van der Waals surface area contributed by atoms with E-state index < -0.39 is 35.1 Å². The summed E-state index contributed by atoms with van der Waals surface area (Å²) in [6.07, 6.45) is -3.56. The summed E-state index contributed by atoms with van der Waals surface area (Å²) in [7, 11) is 1.11. The molecule has 6 nitrogen and oxygen atoms in total. The molecule has 0 aromatic carbocycles. The average molecular weight is 204 g/mol. The summed E-state index contributed by atoms with van der Waals surface area (Å²) in [5, 5.41) is 37.4. The maximum absolute atomic E-state index is 11.3. The molecule has 0 fully saturated rings. The second-order valence-corrected chi connectivity index (χ2v) is 3.31. The van der Waals surface area contributed by atoms with Crippen LogP contribution in [0.5, 0.6) is 0 Å². The van der Waals surface area contributed by atoms with Crippen molar-refractivity contribution in [1.29, 1.82) is 0 Å². The van der Waals surface area contributed by atoms with Crippen LogP contribution in [-0.2, 0) is 9.53 Å². The first kappa shape index (κ1) is 11.0. The van der Waals surface area contributed by atoms with Gasteiger partial charge in [-0.25, -0.2) is 0 Å². The van der Waals surface area contributed by atoms with Crippen LogP contribution in [0, 0.1) is 0 Å². The van der Waals surface area contributed by atoms with Crippen LogP contribution >= 0.6 is 0 Å². The fraction of sp³-hybridized carbons (Fsp3) is 0.625. The van der Waals surface area contributed by atoms with E-state index in [2.05, 4.69) is 4.74 Å². The Bertz CT molecular complexity index is 292. The minimum atomic E-state index is -2.11. The zero-order valence-corrected chi connectivity index (χ0v) is 7.76. The van der Waals surface area contributed by atoms with Gasteiger partial charge in [-0.15, -0.1) is 0 Å². The third-order valence-electron chi connectivity index (χ3n) is 2.28. The van der Waals surface area contributed by atoms with Crippen LogP contribution in [0.4, 0.5) is 0 Å². The molecule has 4 N–H and O–H groups in total. The third kappa shape index (κ3) is 1.28. The zero-order valence-electron chi connectivity index (χ0n) is 7.76. The summed E-state index contributed by atoms with van der Waals surface area (Å²) in [5.41, 5.74) is -2.11. The molecule has 1 aliphatic carbocycles. The van der Waals surface area contributed by atoms with Crippen LogP contribution in [0.2, 0.25) is 0 Å². The van der Waals surface area contributed by atoms with Gasteiger partial charge in [-0.2, -0.15) is 0 Å². The van der Waals surface area contributed by atoms with Crippen LogP contribution in [0.15, 0.2) is 11.5 Å². The lowest BCUT2D eigenvalue weighted by Gasteiger charge is -2.36. The zero-order chi connectivity index (χ0) is 11.1. The molecule has 1 rings (SSSR count). The van der Waals surface area contributed by atoms with Crippen molar-refractivity contribution >= 4 is 5.78 Å². The molecule has 80 valence electrons. The topological polar surface area (TPSA) is 107 Å². The summed E-state index contributed by atoms with van der Waals surface area (Å²) in [5.74, 6) is -2.26. The standard InChI is InChI=1S/C8H12O6/c1-8(13)6(11)3(9)5(14-2)4(10)7(8)12/h6-7,9,11-13H,1-2H3/t6-,7+,8+/m1/s1. The van der Waals surface area contributed by atoms with Crippen LogP contribution in [0.1, 0.15) is 6.92 Å². The number of carbonyl (C=O) groups excluding carboxylic acids is 1. The number of aliphatic hydroxyl groups is 4. The molecule has 0 saturated carbocycles. The first-order valence-electron chi connectivity index (χ1n) is 3.93. The van der Waals surface area contributed by atoms with Gasteiger partial charge in [0.25, 0.3) is 0 Å². The first-order chi connectivity index (χ1) is 6.34. The van der Waals surface area contributed by atoms with Crippen molar-refractivity contribution in [2.24, 2.45) is 0 Å². The van der Waals surface area contributed by atoms with Crippen molar-refractivity contribution in [2.45, 2.75) is 24.7 Å². The van der Waals surface area contributed by atoms with E-state index in [9.17, 15) is 25.2 Å². The number of Topliss-reactive ketones (excluding diaryl/α,β-unsaturated/α-hetero) is 1. The van der Waals surface area contributed by atoms with Crippen LogP contribution in [-0.4, -0.2) is 51.1 Å². The Morgan fingerprint density at radius 3 is 2.29 bits per heavy atom. The number of rotatable bonds is 1. The molecule has 14 heavy (non-hydrogen) atoms. The molecule has 0 unspecified atom stereocenters. The predicted molar refractivity (Wildman–Crippen MR) is 44.3 cm³/mol. The Hall–Kier alpha value is -1.11. The predicted octanol–water partition coefficient (Wildman–Crippen LogP) is -1.54. The molecule has 1 aliphatic rings. The van der Waals surface area contributed by atoms with E-state index >= 15 is 0 Å². The van der Waals surface area contributed by atoms with Crippen molar-refractivity contribution in [1.82, 2.24) is 0 Å². The highest BCUT2D eigenvalue weighted by Crippen LogP contribution is 2.29. The summed E-state index contributed by atoms with van der Waals surface area (Å²) < 4.78 is 4.50. The lowest BCUT2D eigenvalue weighted by Crippen LogP contribution is -2.58. The Labute approximate surface area is 80.1 Å². The molecular weight excluding hydrogens is 192 g/mol. The first-order valence-corrected chi connectivity index (χ1v) is 3.93. The van der Waals surface area contributed by atoms with E-state index in [0.29, 0.717) is 0 Å². The van der Waals surface area contributed by atoms with Gasteiger partial charge in [0, 0.05) is 0 Å². The summed E-state index contributed by atoms with van der Waals surface area (Å²) in [6.45, 7) is 1.04. The lowest BCUT2D eigenvalue weighted by atomic mass is 9.83. The summed E-state index contributed by atoms with van der Waals surface area (Å²) in [6, 6.07) is 0. The molecule has 0 aromatic heterocycles. The van der Waals surface area contributed by atoms with E-state index in [1.807, 2.05) is 0 Å². The molecule has 0 saturated heterocycles. The van der Waals surface area contributed by atoms with Crippen molar-refractivity contribution in [3.8, 4) is 0 Å².